The zero-order valence-electron chi connectivity index (χ0n) is 12.2. The van der Waals surface area contributed by atoms with Gasteiger partial charge in [0.2, 0.25) is 0 Å². The predicted molar refractivity (Wildman–Crippen MR) is 85.4 cm³/mol. The second-order valence-electron chi connectivity index (χ2n) is 4.70. The number of benzene rings is 1. The number of ether oxygens (including phenoxy) is 1. The van der Waals surface area contributed by atoms with Gasteiger partial charge in [-0.1, -0.05) is 30.3 Å². The molecule has 1 N–H and O–H groups in total. The van der Waals surface area contributed by atoms with E-state index in [1.165, 1.54) is 15.4 Å². The summed E-state index contributed by atoms with van der Waals surface area (Å²) < 4.78 is 5.12. The number of hydrogen-bond donors (Lipinski definition) is 1. The van der Waals surface area contributed by atoms with Gasteiger partial charge in [0, 0.05) is 30.6 Å². The molecule has 0 aliphatic heterocycles. The van der Waals surface area contributed by atoms with Crippen LogP contribution < -0.4 is 5.32 Å². The van der Waals surface area contributed by atoms with Crippen LogP contribution in [0.2, 0.25) is 0 Å². The first-order chi connectivity index (χ1) is 9.85. The number of aromatic nitrogens is 1. The van der Waals surface area contributed by atoms with E-state index in [-0.39, 0.29) is 0 Å². The molecule has 0 aliphatic carbocycles. The van der Waals surface area contributed by atoms with Crippen molar-refractivity contribution in [3.63, 3.8) is 0 Å². The summed E-state index contributed by atoms with van der Waals surface area (Å²) in [7, 11) is 3.73. The number of methoxy groups -OCH3 is 1. The normalized spacial score (nSPS) is 10.9. The Balaban J connectivity index is 2.19. The first-order valence-corrected chi connectivity index (χ1v) is 7.84. The van der Waals surface area contributed by atoms with Gasteiger partial charge in [-0.25, -0.2) is 4.98 Å². The Labute approximate surface area is 125 Å². The molecule has 1 heterocycles. The standard InChI is InChI=1S/C16H22N2OS/c1-17-11-10-14-16(13-7-4-3-5-8-13)18-15(20-14)9-6-12-19-2/h3-5,7-8,17H,6,9-12H2,1-2H3. The zero-order chi connectivity index (χ0) is 14.2. The second-order valence-corrected chi connectivity index (χ2v) is 5.86. The maximum Gasteiger partial charge on any atom is 0.0936 e. The summed E-state index contributed by atoms with van der Waals surface area (Å²) in [5.41, 5.74) is 2.37. The molecule has 1 aromatic carbocycles. The number of thiazole rings is 1. The van der Waals surface area contributed by atoms with Crippen molar-refractivity contribution in [2.24, 2.45) is 0 Å². The SMILES string of the molecule is CNCCc1sc(CCCOC)nc1-c1ccccc1. The summed E-state index contributed by atoms with van der Waals surface area (Å²) in [4.78, 5) is 6.21. The van der Waals surface area contributed by atoms with Crippen molar-refractivity contribution in [1.29, 1.82) is 0 Å². The molecule has 0 aliphatic rings. The Morgan fingerprint density at radius 3 is 2.70 bits per heavy atom. The van der Waals surface area contributed by atoms with Crippen molar-refractivity contribution in [3.8, 4) is 11.3 Å². The first-order valence-electron chi connectivity index (χ1n) is 7.02. The summed E-state index contributed by atoms with van der Waals surface area (Å²) in [6.45, 7) is 1.78. The highest BCUT2D eigenvalue weighted by Gasteiger charge is 2.12. The van der Waals surface area contributed by atoms with Crippen LogP contribution in [0.1, 0.15) is 16.3 Å². The van der Waals surface area contributed by atoms with E-state index in [0.717, 1.165) is 38.1 Å². The van der Waals surface area contributed by atoms with Crippen molar-refractivity contribution in [2.45, 2.75) is 19.3 Å². The molecule has 1 aromatic heterocycles. The van der Waals surface area contributed by atoms with Crippen LogP contribution in [0.4, 0.5) is 0 Å². The molecule has 0 amide bonds. The Morgan fingerprint density at radius 1 is 1.20 bits per heavy atom. The number of rotatable bonds is 8. The van der Waals surface area contributed by atoms with Crippen LogP contribution in [0.15, 0.2) is 30.3 Å². The Morgan fingerprint density at radius 2 is 2.00 bits per heavy atom. The molecule has 4 heteroatoms. The van der Waals surface area contributed by atoms with E-state index >= 15 is 0 Å². The molecular weight excluding hydrogens is 268 g/mol. The third-order valence-electron chi connectivity index (χ3n) is 3.13. The molecule has 0 unspecified atom stereocenters. The molecule has 20 heavy (non-hydrogen) atoms. The van der Waals surface area contributed by atoms with Gasteiger partial charge in [-0.05, 0) is 26.4 Å². The van der Waals surface area contributed by atoms with Gasteiger partial charge in [-0.15, -0.1) is 11.3 Å². The van der Waals surface area contributed by atoms with E-state index in [1.54, 1.807) is 7.11 Å². The van der Waals surface area contributed by atoms with Gasteiger partial charge in [0.1, 0.15) is 0 Å². The maximum atomic E-state index is 5.12. The lowest BCUT2D eigenvalue weighted by Crippen LogP contribution is -2.09. The lowest BCUT2D eigenvalue weighted by atomic mass is 10.1. The average molecular weight is 290 g/mol. The number of nitrogens with one attached hydrogen (secondary N) is 1. The van der Waals surface area contributed by atoms with Gasteiger partial charge in [0.25, 0.3) is 0 Å². The molecule has 2 aromatic rings. The minimum absolute atomic E-state index is 0.798. The van der Waals surface area contributed by atoms with Crippen LogP contribution in [0.5, 0.6) is 0 Å². The largest absolute Gasteiger partial charge is 0.385 e. The fourth-order valence-electron chi connectivity index (χ4n) is 2.10. The van der Waals surface area contributed by atoms with Gasteiger partial charge in [0.15, 0.2) is 0 Å². The topological polar surface area (TPSA) is 34.1 Å². The molecule has 0 saturated carbocycles. The molecule has 0 saturated heterocycles. The predicted octanol–water partition coefficient (Wildman–Crippen LogP) is 3.15. The lowest BCUT2D eigenvalue weighted by molar-refractivity contribution is 0.195. The monoisotopic (exact) mass is 290 g/mol. The van der Waals surface area contributed by atoms with E-state index in [2.05, 4.69) is 29.6 Å². The molecule has 3 nitrogen and oxygen atoms in total. The Bertz CT molecular complexity index is 510. The maximum absolute atomic E-state index is 5.12. The van der Waals surface area contributed by atoms with Gasteiger partial charge in [-0.2, -0.15) is 0 Å². The van der Waals surface area contributed by atoms with E-state index in [4.69, 9.17) is 9.72 Å². The highest BCUT2D eigenvalue weighted by atomic mass is 32.1. The van der Waals surface area contributed by atoms with Crippen molar-refractivity contribution >= 4 is 11.3 Å². The second kappa shape index (κ2) is 8.15. The third-order valence-corrected chi connectivity index (χ3v) is 4.30. The quantitative estimate of drug-likeness (QED) is 0.758. The molecule has 0 fully saturated rings. The van der Waals surface area contributed by atoms with Gasteiger partial charge in [0.05, 0.1) is 10.7 Å². The fraction of sp³-hybridized carbons (Fsp3) is 0.438. The van der Waals surface area contributed by atoms with E-state index in [9.17, 15) is 0 Å². The molecule has 0 radical (unpaired) electrons. The number of hydrogen-bond acceptors (Lipinski definition) is 4. The highest BCUT2D eigenvalue weighted by molar-refractivity contribution is 7.12. The summed E-state index contributed by atoms with van der Waals surface area (Å²) in [5.74, 6) is 0. The van der Waals surface area contributed by atoms with Gasteiger partial charge < -0.3 is 10.1 Å². The van der Waals surface area contributed by atoms with Crippen molar-refractivity contribution in [3.05, 3.63) is 40.2 Å². The molecule has 0 atom stereocenters. The third kappa shape index (κ3) is 4.13. The molecular formula is C16H22N2OS. The summed E-state index contributed by atoms with van der Waals surface area (Å²) in [5, 5.41) is 4.43. The summed E-state index contributed by atoms with van der Waals surface area (Å²) in [6, 6.07) is 10.5. The van der Waals surface area contributed by atoms with Crippen LogP contribution in [0, 0.1) is 0 Å². The van der Waals surface area contributed by atoms with Gasteiger partial charge >= 0.3 is 0 Å². The molecule has 2 rings (SSSR count). The Kier molecular flexibility index (Phi) is 6.18. The summed E-state index contributed by atoms with van der Waals surface area (Å²) in [6.07, 6.45) is 3.06. The zero-order valence-corrected chi connectivity index (χ0v) is 13.0. The highest BCUT2D eigenvalue weighted by Crippen LogP contribution is 2.29. The summed E-state index contributed by atoms with van der Waals surface area (Å²) >= 11 is 1.84. The van der Waals surface area contributed by atoms with Crippen LogP contribution >= 0.6 is 11.3 Å². The Hall–Kier alpha value is -1.23. The molecule has 0 spiro atoms. The smallest absolute Gasteiger partial charge is 0.0936 e. The first kappa shape index (κ1) is 15.2. The fourth-order valence-corrected chi connectivity index (χ4v) is 3.24. The number of nitrogens with zero attached hydrogens (tertiary/aromatic N) is 1. The van der Waals surface area contributed by atoms with Crippen molar-refractivity contribution in [2.75, 3.05) is 27.3 Å². The van der Waals surface area contributed by atoms with Crippen LogP contribution in [0.25, 0.3) is 11.3 Å². The molecule has 108 valence electrons. The average Bonchev–Trinajstić information content (AvgIpc) is 2.89. The van der Waals surface area contributed by atoms with E-state index < -0.39 is 0 Å². The van der Waals surface area contributed by atoms with Crippen LogP contribution in [0.3, 0.4) is 0 Å². The van der Waals surface area contributed by atoms with E-state index in [0.29, 0.717) is 0 Å². The minimum atomic E-state index is 0.798. The minimum Gasteiger partial charge on any atom is -0.385 e. The van der Waals surface area contributed by atoms with Crippen molar-refractivity contribution < 1.29 is 4.74 Å². The van der Waals surface area contributed by atoms with Crippen molar-refractivity contribution in [1.82, 2.24) is 10.3 Å². The van der Waals surface area contributed by atoms with Crippen LogP contribution in [-0.4, -0.2) is 32.3 Å². The van der Waals surface area contributed by atoms with E-state index in [1.807, 2.05) is 24.5 Å². The van der Waals surface area contributed by atoms with Crippen LogP contribution in [-0.2, 0) is 17.6 Å². The van der Waals surface area contributed by atoms with Gasteiger partial charge in [-0.3, -0.25) is 0 Å². The lowest BCUT2D eigenvalue weighted by Gasteiger charge is -2.01. The number of likely N-dealkylation sites (N-methyl/N-ethyl adjacent to an activating group) is 1. The number of aryl methyl sites for hydroxylation is 1. The molecule has 0 bridgehead atoms.